The van der Waals surface area contributed by atoms with E-state index in [4.69, 9.17) is 0 Å². The highest BCUT2D eigenvalue weighted by Gasteiger charge is 2.24. The fraction of sp³-hybridized carbons (Fsp3) is 0.400. The van der Waals surface area contributed by atoms with Gasteiger partial charge >= 0.3 is 0 Å². The Balaban J connectivity index is 1.50. The third-order valence-electron chi connectivity index (χ3n) is 4.72. The van der Waals surface area contributed by atoms with Crippen LogP contribution in [0.25, 0.3) is 0 Å². The van der Waals surface area contributed by atoms with Gasteiger partial charge in [-0.1, -0.05) is 18.9 Å². The van der Waals surface area contributed by atoms with E-state index in [1.807, 2.05) is 5.38 Å². The molecule has 0 saturated carbocycles. The molecule has 3 rings (SSSR count). The molecule has 29 heavy (non-hydrogen) atoms. The minimum atomic E-state index is -3.50. The second-order valence-electron chi connectivity index (χ2n) is 6.87. The van der Waals surface area contributed by atoms with E-state index in [1.54, 1.807) is 28.6 Å². The molecule has 156 valence electrons. The van der Waals surface area contributed by atoms with Crippen molar-refractivity contribution in [2.24, 2.45) is 0 Å². The second-order valence-corrected chi connectivity index (χ2v) is 9.76. The van der Waals surface area contributed by atoms with Gasteiger partial charge in [0, 0.05) is 31.7 Å². The van der Waals surface area contributed by atoms with Crippen LogP contribution in [0.15, 0.2) is 46.7 Å². The summed E-state index contributed by atoms with van der Waals surface area (Å²) < 4.78 is 27.1. The number of benzene rings is 1. The van der Waals surface area contributed by atoms with Gasteiger partial charge in [0.25, 0.3) is 5.91 Å². The maximum atomic E-state index is 12.8. The smallest absolute Gasteiger partial charge is 0.261 e. The Morgan fingerprint density at radius 3 is 2.31 bits per heavy atom. The van der Waals surface area contributed by atoms with Crippen LogP contribution in [0.4, 0.5) is 5.69 Å². The van der Waals surface area contributed by atoms with Crippen LogP contribution in [0.3, 0.4) is 0 Å². The van der Waals surface area contributed by atoms with Gasteiger partial charge in [-0.25, -0.2) is 8.42 Å². The topological polar surface area (TPSA) is 95.6 Å². The molecule has 2 amide bonds. The predicted octanol–water partition coefficient (Wildman–Crippen LogP) is 3.07. The van der Waals surface area contributed by atoms with Crippen LogP contribution in [-0.2, 0) is 14.8 Å². The standard InChI is InChI=1S/C20H25N3O4S2/c24-19(11-12-21-20(25)18-6-5-15-28-18)22-16-7-9-17(10-8-16)29(26,27)23-13-3-1-2-4-14-23/h5-10,15H,1-4,11-14H2,(H,21,25)(H,22,24). The molecule has 0 unspecified atom stereocenters. The van der Waals surface area contributed by atoms with E-state index in [0.717, 1.165) is 25.7 Å². The van der Waals surface area contributed by atoms with Crippen molar-refractivity contribution in [2.45, 2.75) is 37.0 Å². The average molecular weight is 436 g/mol. The van der Waals surface area contributed by atoms with E-state index in [0.29, 0.717) is 23.7 Å². The zero-order valence-electron chi connectivity index (χ0n) is 16.1. The molecule has 2 aromatic rings. The largest absolute Gasteiger partial charge is 0.351 e. The van der Waals surface area contributed by atoms with Crippen LogP contribution in [0, 0.1) is 0 Å². The molecule has 2 heterocycles. The lowest BCUT2D eigenvalue weighted by atomic mass is 10.2. The highest BCUT2D eigenvalue weighted by atomic mass is 32.2. The molecule has 0 bridgehead atoms. The number of rotatable bonds is 7. The number of amides is 2. The summed E-state index contributed by atoms with van der Waals surface area (Å²) in [5.41, 5.74) is 0.523. The van der Waals surface area contributed by atoms with Crippen molar-refractivity contribution in [2.75, 3.05) is 25.0 Å². The van der Waals surface area contributed by atoms with Gasteiger partial charge in [-0.15, -0.1) is 11.3 Å². The summed E-state index contributed by atoms with van der Waals surface area (Å²) in [5, 5.41) is 7.24. The molecular formula is C20H25N3O4S2. The number of sulfonamides is 1. The summed E-state index contributed by atoms with van der Waals surface area (Å²) in [5.74, 6) is -0.449. The van der Waals surface area contributed by atoms with Crippen molar-refractivity contribution in [3.8, 4) is 0 Å². The lowest BCUT2D eigenvalue weighted by Crippen LogP contribution is -2.31. The summed E-state index contributed by atoms with van der Waals surface area (Å²) >= 11 is 1.34. The van der Waals surface area contributed by atoms with Crippen molar-refractivity contribution in [3.05, 3.63) is 46.7 Å². The van der Waals surface area contributed by atoms with E-state index in [1.165, 1.54) is 23.5 Å². The predicted molar refractivity (Wildman–Crippen MR) is 114 cm³/mol. The van der Waals surface area contributed by atoms with Gasteiger partial charge in [0.1, 0.15) is 0 Å². The minimum absolute atomic E-state index is 0.130. The quantitative estimate of drug-likeness (QED) is 0.699. The van der Waals surface area contributed by atoms with Gasteiger partial charge in [-0.05, 0) is 48.6 Å². The van der Waals surface area contributed by atoms with Crippen LogP contribution in [-0.4, -0.2) is 44.2 Å². The van der Waals surface area contributed by atoms with Crippen molar-refractivity contribution in [1.82, 2.24) is 9.62 Å². The summed E-state index contributed by atoms with van der Waals surface area (Å²) in [7, 11) is -3.50. The Hall–Kier alpha value is -2.23. The van der Waals surface area contributed by atoms with Crippen molar-refractivity contribution in [1.29, 1.82) is 0 Å². The molecule has 0 radical (unpaired) electrons. The Labute approximate surface area is 175 Å². The first-order valence-electron chi connectivity index (χ1n) is 9.68. The number of hydrogen-bond donors (Lipinski definition) is 2. The van der Waals surface area contributed by atoms with E-state index >= 15 is 0 Å². The van der Waals surface area contributed by atoms with Gasteiger partial charge in [0.15, 0.2) is 0 Å². The number of carbonyl (C=O) groups excluding carboxylic acids is 2. The van der Waals surface area contributed by atoms with Gasteiger partial charge in [-0.3, -0.25) is 9.59 Å². The summed E-state index contributed by atoms with van der Waals surface area (Å²) in [6, 6.07) is 9.74. The molecule has 9 heteroatoms. The van der Waals surface area contributed by atoms with Crippen LogP contribution < -0.4 is 10.6 Å². The Morgan fingerprint density at radius 2 is 1.69 bits per heavy atom. The molecule has 1 aromatic carbocycles. The van der Waals surface area contributed by atoms with Crippen molar-refractivity contribution in [3.63, 3.8) is 0 Å². The van der Waals surface area contributed by atoms with Gasteiger partial charge in [0.05, 0.1) is 9.77 Å². The van der Waals surface area contributed by atoms with E-state index < -0.39 is 10.0 Å². The minimum Gasteiger partial charge on any atom is -0.351 e. The number of thiophene rings is 1. The number of nitrogens with one attached hydrogen (secondary N) is 2. The van der Waals surface area contributed by atoms with E-state index in [2.05, 4.69) is 10.6 Å². The van der Waals surface area contributed by atoms with Crippen LogP contribution >= 0.6 is 11.3 Å². The van der Waals surface area contributed by atoms with Gasteiger partial charge < -0.3 is 10.6 Å². The number of nitrogens with zero attached hydrogens (tertiary/aromatic N) is 1. The number of hydrogen-bond acceptors (Lipinski definition) is 5. The monoisotopic (exact) mass is 435 g/mol. The summed E-state index contributed by atoms with van der Waals surface area (Å²) in [6.07, 6.45) is 4.02. The van der Waals surface area contributed by atoms with E-state index in [-0.39, 0.29) is 29.7 Å². The van der Waals surface area contributed by atoms with Gasteiger partial charge in [0.2, 0.25) is 15.9 Å². The lowest BCUT2D eigenvalue weighted by molar-refractivity contribution is -0.116. The maximum Gasteiger partial charge on any atom is 0.261 e. The summed E-state index contributed by atoms with van der Waals surface area (Å²) in [6.45, 7) is 1.33. The molecule has 1 aromatic heterocycles. The second kappa shape index (κ2) is 10.00. The van der Waals surface area contributed by atoms with E-state index in [9.17, 15) is 18.0 Å². The molecule has 0 spiro atoms. The fourth-order valence-corrected chi connectivity index (χ4v) is 5.31. The third kappa shape index (κ3) is 5.88. The normalized spacial score (nSPS) is 15.4. The first-order chi connectivity index (χ1) is 14.0. The van der Waals surface area contributed by atoms with Crippen LogP contribution in [0.2, 0.25) is 0 Å². The zero-order valence-corrected chi connectivity index (χ0v) is 17.7. The molecule has 0 atom stereocenters. The lowest BCUT2D eigenvalue weighted by Gasteiger charge is -2.20. The Kier molecular flexibility index (Phi) is 7.40. The molecule has 0 aliphatic carbocycles. The van der Waals surface area contributed by atoms with Crippen LogP contribution in [0.1, 0.15) is 41.8 Å². The average Bonchev–Trinajstić information content (AvgIpc) is 3.10. The molecule has 1 aliphatic heterocycles. The molecule has 7 nitrogen and oxygen atoms in total. The number of carbonyl (C=O) groups is 2. The van der Waals surface area contributed by atoms with Gasteiger partial charge in [-0.2, -0.15) is 4.31 Å². The first kappa shape index (κ1) is 21.5. The molecule has 1 aliphatic rings. The van der Waals surface area contributed by atoms with Crippen LogP contribution in [0.5, 0.6) is 0 Å². The molecule has 1 saturated heterocycles. The third-order valence-corrected chi connectivity index (χ3v) is 7.50. The highest BCUT2D eigenvalue weighted by molar-refractivity contribution is 7.89. The highest BCUT2D eigenvalue weighted by Crippen LogP contribution is 2.21. The fourth-order valence-electron chi connectivity index (χ4n) is 3.15. The Morgan fingerprint density at radius 1 is 1.00 bits per heavy atom. The van der Waals surface area contributed by atoms with Crippen molar-refractivity contribution >= 4 is 38.9 Å². The maximum absolute atomic E-state index is 12.8. The molecule has 1 fully saturated rings. The first-order valence-corrected chi connectivity index (χ1v) is 12.0. The number of anilines is 1. The van der Waals surface area contributed by atoms with Crippen molar-refractivity contribution < 1.29 is 18.0 Å². The molecular weight excluding hydrogens is 410 g/mol. The Bertz CT molecular complexity index is 917. The SMILES string of the molecule is O=C(CCNC(=O)c1cccs1)Nc1ccc(S(=O)(=O)N2CCCCCC2)cc1. The molecule has 2 N–H and O–H groups in total. The summed E-state index contributed by atoms with van der Waals surface area (Å²) in [4.78, 5) is 24.7. The zero-order chi connectivity index (χ0) is 20.7.